The lowest BCUT2D eigenvalue weighted by atomic mass is 10.1. The summed E-state index contributed by atoms with van der Waals surface area (Å²) in [7, 11) is 1.58. The van der Waals surface area contributed by atoms with Gasteiger partial charge in [-0.2, -0.15) is 0 Å². The van der Waals surface area contributed by atoms with Crippen LogP contribution in [0.3, 0.4) is 0 Å². The van der Waals surface area contributed by atoms with E-state index >= 15 is 0 Å². The highest BCUT2D eigenvalue weighted by molar-refractivity contribution is 5.83. The molecule has 0 aliphatic heterocycles. The number of hydrogen-bond donors (Lipinski definition) is 1. The molecule has 0 aliphatic rings. The molecule has 0 fully saturated rings. The average molecular weight is 379 g/mol. The molecule has 3 aromatic carbocycles. The summed E-state index contributed by atoms with van der Waals surface area (Å²) < 4.78 is 16.9. The van der Waals surface area contributed by atoms with Gasteiger partial charge in [0, 0.05) is 0 Å². The smallest absolute Gasteiger partial charge is 0.261 e. The van der Waals surface area contributed by atoms with Gasteiger partial charge in [0.15, 0.2) is 17.6 Å². The third-order valence-corrected chi connectivity index (χ3v) is 4.39. The van der Waals surface area contributed by atoms with E-state index in [2.05, 4.69) is 11.4 Å². The Labute approximate surface area is 165 Å². The van der Waals surface area contributed by atoms with Crippen LogP contribution in [0.5, 0.6) is 17.2 Å². The van der Waals surface area contributed by atoms with Gasteiger partial charge in [0.05, 0.1) is 13.7 Å². The lowest BCUT2D eigenvalue weighted by molar-refractivity contribution is -0.128. The molecule has 0 saturated heterocycles. The van der Waals surface area contributed by atoms with Gasteiger partial charge in [-0.1, -0.05) is 49.4 Å². The first kappa shape index (κ1) is 19.5. The maximum Gasteiger partial charge on any atom is 0.261 e. The van der Waals surface area contributed by atoms with Crippen LogP contribution in [0.1, 0.15) is 13.3 Å². The van der Waals surface area contributed by atoms with Crippen molar-refractivity contribution in [3.8, 4) is 17.2 Å². The van der Waals surface area contributed by atoms with Crippen molar-refractivity contribution in [2.24, 2.45) is 0 Å². The topological polar surface area (TPSA) is 56.8 Å². The van der Waals surface area contributed by atoms with Crippen LogP contribution in [-0.4, -0.2) is 32.3 Å². The second-order valence-corrected chi connectivity index (χ2v) is 6.31. The predicted octanol–water partition coefficient (Wildman–Crippen LogP) is 4.20. The molecule has 5 nitrogen and oxygen atoms in total. The minimum absolute atomic E-state index is 0.171. The van der Waals surface area contributed by atoms with Gasteiger partial charge in [0.2, 0.25) is 0 Å². The fraction of sp³-hybridized carbons (Fsp3) is 0.261. The molecule has 0 spiro atoms. The van der Waals surface area contributed by atoms with Crippen LogP contribution >= 0.6 is 0 Å². The molecule has 1 amide bonds. The highest BCUT2D eigenvalue weighted by atomic mass is 16.5. The molecule has 5 heteroatoms. The highest BCUT2D eigenvalue weighted by Gasteiger charge is 2.19. The zero-order valence-electron chi connectivity index (χ0n) is 16.2. The number of nitrogens with one attached hydrogen (secondary N) is 1. The van der Waals surface area contributed by atoms with Crippen molar-refractivity contribution in [2.45, 2.75) is 19.4 Å². The fourth-order valence-electron chi connectivity index (χ4n) is 2.91. The normalized spacial score (nSPS) is 11.6. The zero-order valence-corrected chi connectivity index (χ0v) is 16.2. The second kappa shape index (κ2) is 9.65. The molecular weight excluding hydrogens is 354 g/mol. The van der Waals surface area contributed by atoms with Crippen LogP contribution in [0, 0.1) is 0 Å². The van der Waals surface area contributed by atoms with Gasteiger partial charge in [-0.25, -0.2) is 0 Å². The fourth-order valence-corrected chi connectivity index (χ4v) is 2.91. The Morgan fingerprint density at radius 2 is 1.68 bits per heavy atom. The Morgan fingerprint density at radius 3 is 2.43 bits per heavy atom. The minimum Gasteiger partial charge on any atom is -0.493 e. The summed E-state index contributed by atoms with van der Waals surface area (Å²) in [5, 5.41) is 5.16. The second-order valence-electron chi connectivity index (χ2n) is 6.31. The van der Waals surface area contributed by atoms with E-state index in [0.717, 1.165) is 11.1 Å². The van der Waals surface area contributed by atoms with E-state index in [1.165, 1.54) is 5.39 Å². The molecule has 0 bridgehead atoms. The lowest BCUT2D eigenvalue weighted by Crippen LogP contribution is -2.39. The summed E-state index contributed by atoms with van der Waals surface area (Å²) in [6, 6.07) is 21.4. The number of carbonyl (C=O) groups excluding carboxylic acids is 1. The number of carbonyl (C=O) groups is 1. The van der Waals surface area contributed by atoms with Crippen molar-refractivity contribution in [3.05, 3.63) is 66.7 Å². The Balaban J connectivity index is 1.49. The molecule has 0 heterocycles. The summed E-state index contributed by atoms with van der Waals surface area (Å²) in [6.45, 7) is 2.69. The molecule has 28 heavy (non-hydrogen) atoms. The summed E-state index contributed by atoms with van der Waals surface area (Å²) >= 11 is 0. The largest absolute Gasteiger partial charge is 0.493 e. The van der Waals surface area contributed by atoms with Gasteiger partial charge in [-0.3, -0.25) is 4.79 Å². The first-order valence-corrected chi connectivity index (χ1v) is 9.40. The number of ether oxygens (including phenoxy) is 3. The van der Waals surface area contributed by atoms with Crippen molar-refractivity contribution in [3.63, 3.8) is 0 Å². The summed E-state index contributed by atoms with van der Waals surface area (Å²) in [5.74, 6) is 1.77. The van der Waals surface area contributed by atoms with Crippen LogP contribution in [0.15, 0.2) is 66.7 Å². The minimum atomic E-state index is -0.586. The molecule has 1 N–H and O–H groups in total. The Bertz CT molecular complexity index is 925. The molecule has 0 unspecified atom stereocenters. The molecule has 0 radical (unpaired) electrons. The summed E-state index contributed by atoms with van der Waals surface area (Å²) in [4.78, 5) is 12.4. The summed E-state index contributed by atoms with van der Waals surface area (Å²) in [5.41, 5.74) is 0. The maximum atomic E-state index is 12.4. The molecule has 0 aromatic heterocycles. The molecule has 1 atom stereocenters. The third-order valence-electron chi connectivity index (χ3n) is 4.39. The standard InChI is InChI=1S/C23H25NO4/c1-3-20(28-22-11-7-6-10-21(22)26-2)23(25)24-14-15-27-19-13-12-17-8-4-5-9-18(17)16-19/h4-13,16,20H,3,14-15H2,1-2H3,(H,24,25)/t20-/m1/s1. The van der Waals surface area contributed by atoms with Gasteiger partial charge in [0.25, 0.3) is 5.91 Å². The predicted molar refractivity (Wildman–Crippen MR) is 110 cm³/mol. The SMILES string of the molecule is CC[C@@H](Oc1ccccc1OC)C(=O)NCCOc1ccc2ccccc2c1. The zero-order chi connectivity index (χ0) is 19.8. The van der Waals surface area contributed by atoms with E-state index in [1.54, 1.807) is 19.2 Å². The molecule has 3 rings (SSSR count). The van der Waals surface area contributed by atoms with Crippen LogP contribution in [-0.2, 0) is 4.79 Å². The molecule has 0 aliphatic carbocycles. The van der Waals surface area contributed by atoms with Crippen molar-refractivity contribution in [1.82, 2.24) is 5.32 Å². The van der Waals surface area contributed by atoms with E-state index < -0.39 is 6.10 Å². The van der Waals surface area contributed by atoms with Crippen LogP contribution in [0.4, 0.5) is 0 Å². The molecule has 146 valence electrons. The van der Waals surface area contributed by atoms with Gasteiger partial charge in [-0.05, 0) is 41.5 Å². The Morgan fingerprint density at radius 1 is 0.964 bits per heavy atom. The van der Waals surface area contributed by atoms with Crippen LogP contribution in [0.2, 0.25) is 0 Å². The number of amides is 1. The van der Waals surface area contributed by atoms with Crippen LogP contribution in [0.25, 0.3) is 10.8 Å². The third kappa shape index (κ3) is 4.94. The molecule has 3 aromatic rings. The summed E-state index contributed by atoms with van der Waals surface area (Å²) in [6.07, 6.45) is -0.0351. The number of methoxy groups -OCH3 is 1. The van der Waals surface area contributed by atoms with E-state index in [4.69, 9.17) is 14.2 Å². The number of fused-ring (bicyclic) bond motifs is 1. The van der Waals surface area contributed by atoms with Crippen molar-refractivity contribution in [1.29, 1.82) is 0 Å². The Hall–Kier alpha value is -3.21. The van der Waals surface area contributed by atoms with E-state index in [1.807, 2.05) is 55.5 Å². The van der Waals surface area contributed by atoms with Crippen molar-refractivity contribution in [2.75, 3.05) is 20.3 Å². The lowest BCUT2D eigenvalue weighted by Gasteiger charge is -2.19. The van der Waals surface area contributed by atoms with Crippen LogP contribution < -0.4 is 19.5 Å². The van der Waals surface area contributed by atoms with Crippen molar-refractivity contribution >= 4 is 16.7 Å². The van der Waals surface area contributed by atoms with Gasteiger partial charge in [0.1, 0.15) is 12.4 Å². The van der Waals surface area contributed by atoms with E-state index in [9.17, 15) is 4.79 Å². The Kier molecular flexibility index (Phi) is 6.73. The first-order valence-electron chi connectivity index (χ1n) is 9.40. The molecule has 0 saturated carbocycles. The average Bonchev–Trinajstić information content (AvgIpc) is 2.75. The quantitative estimate of drug-likeness (QED) is 0.566. The van der Waals surface area contributed by atoms with E-state index in [-0.39, 0.29) is 5.91 Å². The van der Waals surface area contributed by atoms with Gasteiger partial charge >= 0.3 is 0 Å². The number of rotatable bonds is 9. The monoisotopic (exact) mass is 379 g/mol. The highest BCUT2D eigenvalue weighted by Crippen LogP contribution is 2.27. The molecular formula is C23H25NO4. The first-order chi connectivity index (χ1) is 13.7. The number of hydrogen-bond acceptors (Lipinski definition) is 4. The van der Waals surface area contributed by atoms with Crippen molar-refractivity contribution < 1.29 is 19.0 Å². The number of para-hydroxylation sites is 2. The maximum absolute atomic E-state index is 12.4. The van der Waals surface area contributed by atoms with Gasteiger partial charge < -0.3 is 19.5 Å². The van der Waals surface area contributed by atoms with Gasteiger partial charge in [-0.15, -0.1) is 0 Å². The number of benzene rings is 3. The van der Waals surface area contributed by atoms with E-state index in [0.29, 0.717) is 31.1 Å².